The highest BCUT2D eigenvalue weighted by atomic mass is 35.5. The molecule has 1 aliphatic heterocycles. The molecule has 1 aromatic carbocycles. The summed E-state index contributed by atoms with van der Waals surface area (Å²) < 4.78 is 30.9. The van der Waals surface area contributed by atoms with Crippen LogP contribution in [-0.4, -0.2) is 57.4 Å². The largest absolute Gasteiger partial charge is 0.495 e. The van der Waals surface area contributed by atoms with Gasteiger partial charge in [0.15, 0.2) is 17.1 Å². The predicted molar refractivity (Wildman–Crippen MR) is 104 cm³/mol. The number of hydrogen-bond donors (Lipinski definition) is 1. The number of amides is 1. The lowest BCUT2D eigenvalue weighted by Gasteiger charge is -2.14. The number of pyridine rings is 1. The highest BCUT2D eigenvalue weighted by Crippen LogP contribution is 2.36. The van der Waals surface area contributed by atoms with Gasteiger partial charge in [0, 0.05) is 19.0 Å². The molecule has 9 nitrogen and oxygen atoms in total. The number of nitrogens with zero attached hydrogens (tertiary/aromatic N) is 4. The Morgan fingerprint density at radius 3 is 2.80 bits per heavy atom. The molecule has 2 aromatic heterocycles. The molecule has 0 radical (unpaired) electrons. The summed E-state index contributed by atoms with van der Waals surface area (Å²) in [6.07, 6.45) is 0.510. The van der Waals surface area contributed by atoms with Gasteiger partial charge in [0.05, 0.1) is 19.2 Å². The van der Waals surface area contributed by atoms with Crippen LogP contribution in [0, 0.1) is 5.82 Å². The summed E-state index contributed by atoms with van der Waals surface area (Å²) in [6, 6.07) is 6.12. The van der Waals surface area contributed by atoms with E-state index < -0.39 is 11.9 Å². The number of ether oxygens (including phenoxy) is 3. The second-order valence-electron chi connectivity index (χ2n) is 6.45. The number of fused-ring (bicyclic) bond motifs is 1. The Morgan fingerprint density at radius 1 is 1.27 bits per heavy atom. The molecular weight excluding hydrogens is 419 g/mol. The third kappa shape index (κ3) is 3.86. The van der Waals surface area contributed by atoms with Crippen molar-refractivity contribution in [1.82, 2.24) is 19.9 Å². The minimum atomic E-state index is -0.989. The van der Waals surface area contributed by atoms with Crippen LogP contribution in [0.15, 0.2) is 30.6 Å². The zero-order chi connectivity index (χ0) is 21.3. The lowest BCUT2D eigenvalue weighted by atomic mass is 10.3. The fraction of sp³-hybridized carbons (Fsp3) is 0.263. The molecular formula is C19H16ClFN4O5. The van der Waals surface area contributed by atoms with Crippen molar-refractivity contribution in [1.29, 1.82) is 0 Å². The summed E-state index contributed by atoms with van der Waals surface area (Å²) in [5.41, 5.74) is 0.723. The van der Waals surface area contributed by atoms with Gasteiger partial charge < -0.3 is 24.2 Å². The second kappa shape index (κ2) is 8.15. The Kier molecular flexibility index (Phi) is 5.40. The zero-order valence-corrected chi connectivity index (χ0v) is 16.5. The van der Waals surface area contributed by atoms with Gasteiger partial charge in [-0.2, -0.15) is 4.98 Å². The summed E-state index contributed by atoms with van der Waals surface area (Å²) in [6.45, 7) is 0.641. The van der Waals surface area contributed by atoms with Crippen molar-refractivity contribution in [3.05, 3.63) is 41.4 Å². The topological polar surface area (TPSA) is 107 Å². The van der Waals surface area contributed by atoms with Crippen LogP contribution < -0.4 is 14.2 Å². The molecule has 0 bridgehead atoms. The molecule has 30 heavy (non-hydrogen) atoms. The molecule has 1 atom stereocenters. The number of benzene rings is 1. The molecule has 11 heteroatoms. The molecule has 4 rings (SSSR count). The van der Waals surface area contributed by atoms with Gasteiger partial charge in [0.2, 0.25) is 11.8 Å². The van der Waals surface area contributed by atoms with Crippen molar-refractivity contribution in [3.63, 3.8) is 0 Å². The molecule has 1 saturated heterocycles. The minimum Gasteiger partial charge on any atom is -0.495 e. The van der Waals surface area contributed by atoms with Crippen molar-refractivity contribution < 1.29 is 28.5 Å². The maximum Gasteiger partial charge on any atom is 0.407 e. The lowest BCUT2D eigenvalue weighted by molar-refractivity contribution is 0.144. The first-order chi connectivity index (χ1) is 14.5. The number of aromatic nitrogens is 3. The van der Waals surface area contributed by atoms with Crippen LogP contribution in [0.4, 0.5) is 9.18 Å². The van der Waals surface area contributed by atoms with Crippen molar-refractivity contribution in [2.24, 2.45) is 0 Å². The maximum atomic E-state index is 14.5. The molecule has 1 amide bonds. The van der Waals surface area contributed by atoms with Gasteiger partial charge in [-0.25, -0.2) is 19.2 Å². The van der Waals surface area contributed by atoms with Gasteiger partial charge in [-0.3, -0.25) is 0 Å². The van der Waals surface area contributed by atoms with E-state index in [0.717, 1.165) is 0 Å². The highest BCUT2D eigenvalue weighted by molar-refractivity contribution is 6.32. The molecule has 0 unspecified atom stereocenters. The van der Waals surface area contributed by atoms with Gasteiger partial charge in [-0.15, -0.1) is 0 Å². The van der Waals surface area contributed by atoms with E-state index in [1.807, 2.05) is 0 Å². The summed E-state index contributed by atoms with van der Waals surface area (Å²) in [7, 11) is 1.38. The first-order valence-electron chi connectivity index (χ1n) is 8.92. The number of likely N-dealkylation sites (tertiary alicyclic amines) is 1. The number of carboxylic acid groups (broad SMARTS) is 1. The van der Waals surface area contributed by atoms with Gasteiger partial charge in [0.25, 0.3) is 0 Å². The standard InChI is InChI=1S/C19H16ClFN4O5/c1-28-12-3-4-13(16(21)15(12)20)30-18-17-11(22-9-23-18)2-5-14(24-17)29-10-6-7-25(8-10)19(26)27/h2-5,9-10H,6-8H2,1H3,(H,26,27)/t10-/m0/s1. The zero-order valence-electron chi connectivity index (χ0n) is 15.7. The Balaban J connectivity index is 1.61. The van der Waals surface area contributed by atoms with Crippen LogP contribution in [0.2, 0.25) is 5.02 Å². The first kappa shape index (κ1) is 19.9. The SMILES string of the molecule is COc1ccc(Oc2ncnc3ccc(O[C@H]4CCN(C(=O)O)C4)nc23)c(F)c1Cl. The number of hydrogen-bond acceptors (Lipinski definition) is 7. The predicted octanol–water partition coefficient (Wildman–Crippen LogP) is 3.75. The monoisotopic (exact) mass is 434 g/mol. The van der Waals surface area contributed by atoms with E-state index in [-0.39, 0.29) is 46.4 Å². The molecule has 1 fully saturated rings. The Labute approximate surface area is 175 Å². The summed E-state index contributed by atoms with van der Waals surface area (Å²) in [4.78, 5) is 24.9. The normalized spacial score (nSPS) is 16.0. The average molecular weight is 435 g/mol. The van der Waals surface area contributed by atoms with Crippen molar-refractivity contribution in [2.45, 2.75) is 12.5 Å². The van der Waals surface area contributed by atoms with Crippen LogP contribution in [-0.2, 0) is 0 Å². The maximum absolute atomic E-state index is 14.5. The Hall–Kier alpha value is -3.40. The van der Waals surface area contributed by atoms with E-state index in [0.29, 0.717) is 18.5 Å². The third-order valence-electron chi connectivity index (χ3n) is 4.56. The molecule has 1 aliphatic rings. The van der Waals surface area contributed by atoms with Crippen LogP contribution in [0.1, 0.15) is 6.42 Å². The average Bonchev–Trinajstić information content (AvgIpc) is 3.21. The van der Waals surface area contributed by atoms with E-state index >= 15 is 0 Å². The fourth-order valence-corrected chi connectivity index (χ4v) is 3.30. The van der Waals surface area contributed by atoms with Crippen LogP contribution in [0.25, 0.3) is 11.0 Å². The second-order valence-corrected chi connectivity index (χ2v) is 6.83. The van der Waals surface area contributed by atoms with Gasteiger partial charge in [-0.1, -0.05) is 11.6 Å². The molecule has 3 aromatic rings. The van der Waals surface area contributed by atoms with Crippen LogP contribution >= 0.6 is 11.6 Å². The summed E-state index contributed by atoms with van der Waals surface area (Å²) in [5.74, 6) is -0.497. The third-order valence-corrected chi connectivity index (χ3v) is 4.92. The van der Waals surface area contributed by atoms with Gasteiger partial charge in [-0.05, 0) is 18.2 Å². The van der Waals surface area contributed by atoms with E-state index in [9.17, 15) is 9.18 Å². The minimum absolute atomic E-state index is 0.0177. The van der Waals surface area contributed by atoms with Crippen molar-refractivity contribution >= 4 is 28.7 Å². The summed E-state index contributed by atoms with van der Waals surface area (Å²) >= 11 is 5.94. The van der Waals surface area contributed by atoms with Crippen LogP contribution in [0.3, 0.4) is 0 Å². The van der Waals surface area contributed by atoms with Gasteiger partial charge in [0.1, 0.15) is 23.2 Å². The summed E-state index contributed by atoms with van der Waals surface area (Å²) in [5, 5.41) is 8.85. The van der Waals surface area contributed by atoms with E-state index in [4.69, 9.17) is 30.9 Å². The van der Waals surface area contributed by atoms with E-state index in [1.165, 1.54) is 30.5 Å². The molecule has 0 aliphatic carbocycles. The molecule has 156 valence electrons. The number of halogens is 2. The lowest BCUT2D eigenvalue weighted by Crippen LogP contribution is -2.29. The number of rotatable bonds is 5. The number of carbonyl (C=O) groups is 1. The Morgan fingerprint density at radius 2 is 2.07 bits per heavy atom. The smallest absolute Gasteiger partial charge is 0.407 e. The molecule has 0 saturated carbocycles. The first-order valence-corrected chi connectivity index (χ1v) is 9.30. The highest BCUT2D eigenvalue weighted by Gasteiger charge is 2.27. The number of methoxy groups -OCH3 is 1. The quantitative estimate of drug-likeness (QED) is 0.647. The van der Waals surface area contributed by atoms with Crippen molar-refractivity contribution in [2.75, 3.05) is 20.2 Å². The van der Waals surface area contributed by atoms with Gasteiger partial charge >= 0.3 is 6.09 Å². The fourth-order valence-electron chi connectivity index (χ4n) is 3.06. The molecule has 0 spiro atoms. The van der Waals surface area contributed by atoms with E-state index in [1.54, 1.807) is 12.1 Å². The Bertz CT molecular complexity index is 1120. The van der Waals surface area contributed by atoms with Crippen molar-refractivity contribution in [3.8, 4) is 23.3 Å². The van der Waals surface area contributed by atoms with Crippen LogP contribution in [0.5, 0.6) is 23.3 Å². The molecule has 3 heterocycles. The molecule has 1 N–H and O–H groups in total. The van der Waals surface area contributed by atoms with E-state index in [2.05, 4.69) is 15.0 Å².